The Kier molecular flexibility index (Phi) is 5.88. The molecule has 7 nitrogen and oxygen atoms in total. The number of carbonyl (C=O) groups is 3. The number of nitrogens with zero attached hydrogens (tertiary/aromatic N) is 2. The van der Waals surface area contributed by atoms with E-state index in [0.29, 0.717) is 37.4 Å². The van der Waals surface area contributed by atoms with Crippen molar-refractivity contribution >= 4 is 17.7 Å². The first-order valence-electron chi connectivity index (χ1n) is 11.8. The molecule has 3 atom stereocenters. The fourth-order valence-corrected chi connectivity index (χ4v) is 5.63. The second kappa shape index (κ2) is 8.81. The van der Waals surface area contributed by atoms with Crippen LogP contribution >= 0.6 is 0 Å². The third kappa shape index (κ3) is 4.12. The highest BCUT2D eigenvalue weighted by molar-refractivity contribution is 6.05. The van der Waals surface area contributed by atoms with E-state index in [0.717, 1.165) is 43.7 Å². The molecule has 1 N–H and O–H groups in total. The monoisotopic (exact) mass is 443 g/mol. The van der Waals surface area contributed by atoms with Gasteiger partial charge >= 0.3 is 0 Å². The van der Waals surface area contributed by atoms with Gasteiger partial charge < -0.3 is 9.64 Å². The van der Waals surface area contributed by atoms with E-state index in [1.165, 1.54) is 6.42 Å². The van der Waals surface area contributed by atoms with Gasteiger partial charge in [0.05, 0.1) is 0 Å². The Morgan fingerprint density at radius 1 is 1.00 bits per heavy atom. The molecule has 2 saturated heterocycles. The van der Waals surface area contributed by atoms with Crippen molar-refractivity contribution in [1.29, 1.82) is 0 Å². The third-order valence-electron chi connectivity index (χ3n) is 7.38. The van der Waals surface area contributed by atoms with E-state index in [4.69, 9.17) is 4.74 Å². The van der Waals surface area contributed by atoms with Gasteiger partial charge in [0, 0.05) is 37.7 Å². The van der Waals surface area contributed by atoms with Gasteiger partial charge in [-0.05, 0) is 62.3 Å². The summed E-state index contributed by atoms with van der Waals surface area (Å²) in [5, 5.41) is 2.33. The summed E-state index contributed by atoms with van der Waals surface area (Å²) in [7, 11) is 0. The van der Waals surface area contributed by atoms with Gasteiger partial charge in [-0.1, -0.05) is 6.42 Å². The molecule has 0 radical (unpaired) electrons. The highest BCUT2D eigenvalue weighted by atomic mass is 19.1. The fraction of sp³-hybridized carbons (Fsp3) is 0.625. The maximum Gasteiger partial charge on any atom is 0.255 e. The summed E-state index contributed by atoms with van der Waals surface area (Å²) in [6.45, 7) is 1.91. The first-order valence-corrected chi connectivity index (χ1v) is 11.8. The van der Waals surface area contributed by atoms with Crippen molar-refractivity contribution in [1.82, 2.24) is 15.1 Å². The molecule has 8 heteroatoms. The van der Waals surface area contributed by atoms with Crippen LogP contribution < -0.4 is 10.1 Å². The third-order valence-corrected chi connectivity index (χ3v) is 7.38. The number of benzene rings is 1. The second-order valence-corrected chi connectivity index (χ2v) is 9.44. The van der Waals surface area contributed by atoms with Crippen molar-refractivity contribution in [2.75, 3.05) is 13.1 Å². The van der Waals surface area contributed by atoms with E-state index in [-0.39, 0.29) is 24.3 Å². The van der Waals surface area contributed by atoms with E-state index in [1.807, 2.05) is 12.1 Å². The number of ether oxygens (including phenoxy) is 1. The van der Waals surface area contributed by atoms with Crippen LogP contribution in [-0.4, -0.2) is 65.0 Å². The lowest BCUT2D eigenvalue weighted by molar-refractivity contribution is -0.136. The second-order valence-electron chi connectivity index (χ2n) is 9.44. The molecule has 1 saturated carbocycles. The standard InChI is InChI=1S/C24H30FN3O4/c25-16-9-11-27(12-10-16)19-3-1-2-4-21(19)32-17-5-6-18-15(13-17)14-28(24(18)31)20-7-8-22(29)26-23(20)30/h5-6,13,16,19-21H,1-4,7-12,14H2,(H,26,29,30)/t19-,20?,21+/m1/s1. The normalized spacial score (nSPS) is 29.7. The molecule has 3 heterocycles. The van der Waals surface area contributed by atoms with E-state index in [1.54, 1.807) is 11.0 Å². The Labute approximate surface area is 187 Å². The topological polar surface area (TPSA) is 79.0 Å². The summed E-state index contributed by atoms with van der Waals surface area (Å²) in [5.41, 5.74) is 1.44. The quantitative estimate of drug-likeness (QED) is 0.724. The van der Waals surface area contributed by atoms with Gasteiger partial charge in [0.15, 0.2) is 0 Å². The molecule has 1 aromatic rings. The Morgan fingerprint density at radius 3 is 2.56 bits per heavy atom. The van der Waals surface area contributed by atoms with Crippen LogP contribution in [0.5, 0.6) is 5.75 Å². The van der Waals surface area contributed by atoms with Crippen LogP contribution in [0.1, 0.15) is 67.3 Å². The van der Waals surface area contributed by atoms with Crippen LogP contribution in [0.25, 0.3) is 0 Å². The number of carbonyl (C=O) groups excluding carboxylic acids is 3. The van der Waals surface area contributed by atoms with Crippen LogP contribution in [0.2, 0.25) is 0 Å². The number of hydrogen-bond acceptors (Lipinski definition) is 5. The van der Waals surface area contributed by atoms with Gasteiger partial charge in [0.25, 0.3) is 5.91 Å². The highest BCUT2D eigenvalue weighted by Gasteiger charge is 2.39. The van der Waals surface area contributed by atoms with Crippen LogP contribution in [-0.2, 0) is 16.1 Å². The molecule has 5 rings (SSSR count). The maximum atomic E-state index is 13.6. The molecule has 4 aliphatic rings. The van der Waals surface area contributed by atoms with Crippen LogP contribution in [0.4, 0.5) is 4.39 Å². The lowest BCUT2D eigenvalue weighted by Gasteiger charge is -2.42. The molecule has 1 unspecified atom stereocenters. The number of alkyl halides is 1. The number of hydrogen-bond donors (Lipinski definition) is 1. The Bertz CT molecular complexity index is 915. The number of likely N-dealkylation sites (tertiary alicyclic amines) is 1. The van der Waals surface area contributed by atoms with E-state index < -0.39 is 18.1 Å². The maximum absolute atomic E-state index is 13.6. The molecule has 172 valence electrons. The minimum atomic E-state index is -0.684. The van der Waals surface area contributed by atoms with Gasteiger partial charge in [-0.15, -0.1) is 0 Å². The summed E-state index contributed by atoms with van der Waals surface area (Å²) in [5.74, 6) is -0.130. The number of fused-ring (bicyclic) bond motifs is 1. The van der Waals surface area contributed by atoms with Crippen molar-refractivity contribution in [2.45, 2.75) is 82.3 Å². The molecule has 0 spiro atoms. The lowest BCUT2D eigenvalue weighted by Crippen LogP contribution is -2.52. The molecule has 1 aromatic carbocycles. The van der Waals surface area contributed by atoms with Crippen LogP contribution in [0.3, 0.4) is 0 Å². The SMILES string of the molecule is O=C1CCC(N2Cc3cc(O[C@H]4CCCC[C@H]4N4CCC(F)CC4)ccc3C2=O)C(=O)N1. The molecule has 3 amide bonds. The lowest BCUT2D eigenvalue weighted by atomic mass is 9.89. The Morgan fingerprint density at radius 2 is 1.78 bits per heavy atom. The fourth-order valence-electron chi connectivity index (χ4n) is 5.63. The zero-order chi connectivity index (χ0) is 22.2. The molecule has 0 bridgehead atoms. The van der Waals surface area contributed by atoms with E-state index in [2.05, 4.69) is 10.2 Å². The van der Waals surface area contributed by atoms with Crippen molar-refractivity contribution < 1.29 is 23.5 Å². The predicted molar refractivity (Wildman–Crippen MR) is 115 cm³/mol. The summed E-state index contributed by atoms with van der Waals surface area (Å²) in [4.78, 5) is 40.5. The average molecular weight is 444 g/mol. The summed E-state index contributed by atoms with van der Waals surface area (Å²) in [6, 6.07) is 5.22. The van der Waals surface area contributed by atoms with Crippen molar-refractivity contribution in [3.63, 3.8) is 0 Å². The first kappa shape index (κ1) is 21.4. The number of amides is 3. The minimum Gasteiger partial charge on any atom is -0.489 e. The number of nitrogens with one attached hydrogen (secondary N) is 1. The van der Waals surface area contributed by atoms with Crippen LogP contribution in [0.15, 0.2) is 18.2 Å². The highest BCUT2D eigenvalue weighted by Crippen LogP contribution is 2.33. The first-order chi connectivity index (χ1) is 15.5. The zero-order valence-electron chi connectivity index (χ0n) is 18.2. The Hall–Kier alpha value is -2.48. The van der Waals surface area contributed by atoms with Crippen molar-refractivity contribution in [2.24, 2.45) is 0 Å². The molecular weight excluding hydrogens is 413 g/mol. The zero-order valence-corrected chi connectivity index (χ0v) is 18.2. The molecule has 0 aromatic heterocycles. The van der Waals surface area contributed by atoms with E-state index in [9.17, 15) is 18.8 Å². The average Bonchev–Trinajstić information content (AvgIpc) is 3.10. The summed E-state index contributed by atoms with van der Waals surface area (Å²) >= 11 is 0. The van der Waals surface area contributed by atoms with Gasteiger partial charge in [-0.2, -0.15) is 0 Å². The minimum absolute atomic E-state index is 0.0568. The molecule has 1 aliphatic carbocycles. The number of halogens is 1. The Balaban J connectivity index is 1.28. The smallest absolute Gasteiger partial charge is 0.255 e. The molecule has 3 aliphatic heterocycles. The van der Waals surface area contributed by atoms with Crippen LogP contribution in [0, 0.1) is 0 Å². The van der Waals surface area contributed by atoms with Gasteiger partial charge in [-0.3, -0.25) is 24.6 Å². The predicted octanol–water partition coefficient (Wildman–Crippen LogP) is 2.57. The van der Waals surface area contributed by atoms with Crippen molar-refractivity contribution in [3.8, 4) is 5.75 Å². The number of piperidine rings is 2. The molecular formula is C24H30FN3O4. The van der Waals surface area contributed by atoms with Crippen molar-refractivity contribution in [3.05, 3.63) is 29.3 Å². The largest absolute Gasteiger partial charge is 0.489 e. The summed E-state index contributed by atoms with van der Waals surface area (Å²) < 4.78 is 20.0. The number of imide groups is 1. The van der Waals surface area contributed by atoms with Gasteiger partial charge in [-0.25, -0.2) is 4.39 Å². The number of rotatable bonds is 4. The summed E-state index contributed by atoms with van der Waals surface area (Å²) in [6.07, 6.45) is 5.48. The van der Waals surface area contributed by atoms with Gasteiger partial charge in [0.1, 0.15) is 24.1 Å². The molecule has 3 fully saturated rings. The van der Waals surface area contributed by atoms with Gasteiger partial charge in [0.2, 0.25) is 11.8 Å². The van der Waals surface area contributed by atoms with E-state index >= 15 is 0 Å². The molecule has 32 heavy (non-hydrogen) atoms.